The number of halogens is 1. The van der Waals surface area contributed by atoms with Crippen LogP contribution in [-0.2, 0) is 24.0 Å². The summed E-state index contributed by atoms with van der Waals surface area (Å²) in [5.41, 5.74) is -0.405. The first kappa shape index (κ1) is 20.6. The summed E-state index contributed by atoms with van der Waals surface area (Å²) in [6.07, 6.45) is 0.430. The Morgan fingerprint density at radius 1 is 1.48 bits per heavy atom. The highest BCUT2D eigenvalue weighted by Gasteiger charge is 2.54. The molecule has 1 saturated heterocycles. The topological polar surface area (TPSA) is 150 Å². The number of nitrogens with one attached hydrogen (secondary N) is 2. The van der Waals surface area contributed by atoms with Gasteiger partial charge in [-0.3, -0.25) is 19.3 Å². The van der Waals surface area contributed by atoms with Gasteiger partial charge in [0.25, 0.3) is 11.8 Å². The van der Waals surface area contributed by atoms with Gasteiger partial charge in [0.2, 0.25) is 6.41 Å². The van der Waals surface area contributed by atoms with Crippen molar-refractivity contribution in [2.45, 2.75) is 11.4 Å². The van der Waals surface area contributed by atoms with Crippen molar-refractivity contribution in [2.75, 3.05) is 18.2 Å². The third-order valence-corrected chi connectivity index (χ3v) is 5.76. The molecule has 0 aromatic carbocycles. The number of hydrogen-bond donors (Lipinski definition) is 3. The van der Waals surface area contributed by atoms with Crippen molar-refractivity contribution in [2.24, 2.45) is 5.16 Å². The van der Waals surface area contributed by atoms with E-state index in [4.69, 9.17) is 16.4 Å². The number of carbonyl (C=O) groups excluding carboxylic acids is 3. The number of fused-ring (bicyclic) bond motifs is 1. The van der Waals surface area contributed by atoms with Crippen LogP contribution in [0.5, 0.6) is 0 Å². The summed E-state index contributed by atoms with van der Waals surface area (Å²) in [5.74, 6) is -2.28. The Hall–Kier alpha value is -3.12. The standard InChI is InChI=1S/C16H14ClN5O6S/c1-28-21-10(8-3-2-4-9(19-8)18-6-23)13(24)20-11-14(25)22-12(16(26)27)7(17)5-29-15(11)22/h2-4,6,11,15H,5H2,1H3,(H,20,24)(H,26,27)(H,18,19,23)/t11?,15-/m1/s1. The number of hydrogen-bond acceptors (Lipinski definition) is 8. The molecule has 2 aliphatic rings. The second-order valence-electron chi connectivity index (χ2n) is 5.71. The molecule has 2 aliphatic heterocycles. The molecule has 3 heterocycles. The normalized spacial score (nSPS) is 21.1. The maximum absolute atomic E-state index is 12.7. The molecule has 3 amide bonds. The molecule has 0 radical (unpaired) electrons. The second kappa shape index (κ2) is 8.49. The molecule has 1 aromatic rings. The number of β-lactam (4-membered cyclic amide) rings is 1. The lowest BCUT2D eigenvalue weighted by atomic mass is 10.0. The molecule has 3 rings (SSSR count). The lowest BCUT2D eigenvalue weighted by molar-refractivity contribution is -0.150. The lowest BCUT2D eigenvalue weighted by Gasteiger charge is -2.48. The van der Waals surface area contributed by atoms with Crippen LogP contribution in [0.2, 0.25) is 0 Å². The van der Waals surface area contributed by atoms with Crippen LogP contribution in [0.1, 0.15) is 5.69 Å². The van der Waals surface area contributed by atoms with E-state index in [1.165, 1.54) is 31.0 Å². The monoisotopic (exact) mass is 439 g/mol. The van der Waals surface area contributed by atoms with Gasteiger partial charge in [-0.1, -0.05) is 22.8 Å². The zero-order valence-corrected chi connectivity index (χ0v) is 16.4. The summed E-state index contributed by atoms with van der Waals surface area (Å²) in [5, 5.41) is 17.3. The second-order valence-corrected chi connectivity index (χ2v) is 7.27. The van der Waals surface area contributed by atoms with E-state index in [2.05, 4.69) is 20.8 Å². The highest BCUT2D eigenvalue weighted by Crippen LogP contribution is 2.41. The Bertz CT molecular complexity index is 951. The third-order valence-electron chi connectivity index (χ3n) is 4.01. The molecule has 2 atom stereocenters. The van der Waals surface area contributed by atoms with E-state index in [-0.39, 0.29) is 33.7 Å². The minimum Gasteiger partial charge on any atom is -0.477 e. The minimum atomic E-state index is -1.32. The number of anilines is 1. The van der Waals surface area contributed by atoms with Gasteiger partial charge in [-0.25, -0.2) is 9.78 Å². The number of thioether (sulfide) groups is 1. The number of rotatable bonds is 7. The number of oxime groups is 1. The first-order valence-corrected chi connectivity index (χ1v) is 9.48. The Morgan fingerprint density at radius 3 is 2.90 bits per heavy atom. The summed E-state index contributed by atoms with van der Waals surface area (Å²) in [6, 6.07) is 3.56. The van der Waals surface area contributed by atoms with Crippen molar-refractivity contribution in [3.05, 3.63) is 34.6 Å². The summed E-state index contributed by atoms with van der Waals surface area (Å²) < 4.78 is 0. The Morgan fingerprint density at radius 2 is 2.24 bits per heavy atom. The number of aliphatic carboxylic acids is 1. The molecule has 0 spiro atoms. The first-order valence-electron chi connectivity index (χ1n) is 8.05. The highest BCUT2D eigenvalue weighted by molar-refractivity contribution is 8.00. The summed E-state index contributed by atoms with van der Waals surface area (Å²) in [6.45, 7) is 0. The van der Waals surface area contributed by atoms with E-state index in [9.17, 15) is 24.3 Å². The van der Waals surface area contributed by atoms with Crippen LogP contribution < -0.4 is 10.6 Å². The molecule has 0 bridgehead atoms. The van der Waals surface area contributed by atoms with Crippen LogP contribution in [0.25, 0.3) is 0 Å². The zero-order valence-electron chi connectivity index (χ0n) is 14.8. The van der Waals surface area contributed by atoms with E-state index in [0.29, 0.717) is 6.41 Å². The van der Waals surface area contributed by atoms with Crippen molar-refractivity contribution >= 4 is 59.1 Å². The largest absolute Gasteiger partial charge is 0.477 e. The van der Waals surface area contributed by atoms with E-state index >= 15 is 0 Å². The van der Waals surface area contributed by atoms with Crippen LogP contribution in [-0.4, -0.2) is 69.2 Å². The van der Waals surface area contributed by atoms with Crippen LogP contribution in [0.4, 0.5) is 5.82 Å². The molecule has 1 fully saturated rings. The van der Waals surface area contributed by atoms with E-state index < -0.39 is 29.2 Å². The van der Waals surface area contributed by atoms with E-state index in [1.807, 2.05) is 0 Å². The van der Waals surface area contributed by atoms with Gasteiger partial charge in [0, 0.05) is 5.75 Å². The molecule has 11 nitrogen and oxygen atoms in total. The number of carboxylic acids is 1. The molecule has 29 heavy (non-hydrogen) atoms. The fourth-order valence-corrected chi connectivity index (χ4v) is 4.34. The van der Waals surface area contributed by atoms with Crippen molar-refractivity contribution in [1.82, 2.24) is 15.2 Å². The number of nitrogens with zero attached hydrogens (tertiary/aromatic N) is 3. The number of carbonyl (C=O) groups is 4. The van der Waals surface area contributed by atoms with Gasteiger partial charge in [0.05, 0.1) is 5.03 Å². The van der Waals surface area contributed by atoms with Gasteiger partial charge in [-0.05, 0) is 12.1 Å². The molecule has 0 saturated carbocycles. The Balaban J connectivity index is 1.80. The minimum absolute atomic E-state index is 0.0576. The molecular formula is C16H14ClN5O6S. The van der Waals surface area contributed by atoms with Gasteiger partial charge in [0.15, 0.2) is 5.71 Å². The molecule has 1 aromatic heterocycles. The summed E-state index contributed by atoms with van der Waals surface area (Å²) in [4.78, 5) is 57.0. The number of amides is 3. The quantitative estimate of drug-likeness (QED) is 0.231. The average Bonchev–Trinajstić information content (AvgIpc) is 2.70. The van der Waals surface area contributed by atoms with Gasteiger partial charge in [-0.15, -0.1) is 11.8 Å². The van der Waals surface area contributed by atoms with Crippen LogP contribution in [0.3, 0.4) is 0 Å². The number of carboxylic acid groups (broad SMARTS) is 1. The fourth-order valence-electron chi connectivity index (χ4n) is 2.79. The van der Waals surface area contributed by atoms with Gasteiger partial charge in [-0.2, -0.15) is 0 Å². The van der Waals surface area contributed by atoms with Crippen molar-refractivity contribution in [3.8, 4) is 0 Å². The van der Waals surface area contributed by atoms with E-state index in [0.717, 1.165) is 4.90 Å². The molecule has 1 unspecified atom stereocenters. The molecule has 0 aliphatic carbocycles. The van der Waals surface area contributed by atoms with Gasteiger partial charge < -0.3 is 20.6 Å². The predicted octanol–water partition coefficient (Wildman–Crippen LogP) is -0.0647. The van der Waals surface area contributed by atoms with Crippen molar-refractivity contribution in [1.29, 1.82) is 0 Å². The predicted molar refractivity (Wildman–Crippen MR) is 103 cm³/mol. The number of pyridine rings is 1. The summed E-state index contributed by atoms with van der Waals surface area (Å²) >= 11 is 7.15. The third kappa shape index (κ3) is 3.89. The van der Waals surface area contributed by atoms with Crippen molar-refractivity contribution < 1.29 is 29.1 Å². The smallest absolute Gasteiger partial charge is 0.353 e. The summed E-state index contributed by atoms with van der Waals surface area (Å²) in [7, 11) is 1.24. The van der Waals surface area contributed by atoms with E-state index in [1.54, 1.807) is 6.07 Å². The molecule has 3 N–H and O–H groups in total. The molecule has 152 valence electrons. The SMILES string of the molecule is CON=C(C(=O)NC1C(=O)N2C(C(=O)O)=C(Cl)CS[C@H]12)c1cccc(NC=O)n1. The maximum Gasteiger partial charge on any atom is 0.353 e. The molecular weight excluding hydrogens is 426 g/mol. The highest BCUT2D eigenvalue weighted by atomic mass is 35.5. The van der Waals surface area contributed by atoms with Crippen LogP contribution in [0, 0.1) is 0 Å². The number of aromatic nitrogens is 1. The maximum atomic E-state index is 12.7. The Labute approximate surface area is 173 Å². The zero-order chi connectivity index (χ0) is 21.1. The van der Waals surface area contributed by atoms with Gasteiger partial charge >= 0.3 is 5.97 Å². The lowest BCUT2D eigenvalue weighted by Crippen LogP contribution is -2.71. The molecule has 13 heteroatoms. The van der Waals surface area contributed by atoms with Gasteiger partial charge in [0.1, 0.15) is 35.7 Å². The Kier molecular flexibility index (Phi) is 6.03. The van der Waals surface area contributed by atoms with Crippen LogP contribution >= 0.6 is 23.4 Å². The van der Waals surface area contributed by atoms with Crippen molar-refractivity contribution in [3.63, 3.8) is 0 Å². The fraction of sp³-hybridized carbons (Fsp3) is 0.250. The average molecular weight is 440 g/mol. The van der Waals surface area contributed by atoms with Crippen LogP contribution in [0.15, 0.2) is 34.1 Å². The first-order chi connectivity index (χ1) is 13.9.